The highest BCUT2D eigenvalue weighted by Crippen LogP contribution is 2.59. The zero-order valence-electron chi connectivity index (χ0n) is 16.1. The topological polar surface area (TPSA) is 38.3 Å². The third kappa shape index (κ3) is 3.80. The van der Waals surface area contributed by atoms with E-state index >= 15 is 0 Å². The zero-order chi connectivity index (χ0) is 18.3. The second kappa shape index (κ2) is 7.44. The Morgan fingerprint density at radius 2 is 1.81 bits per heavy atom. The summed E-state index contributed by atoms with van der Waals surface area (Å²) in [6.07, 6.45) is 11.0. The van der Waals surface area contributed by atoms with Crippen molar-refractivity contribution in [2.24, 2.45) is 23.2 Å². The highest BCUT2D eigenvalue weighted by Gasteiger charge is 2.50. The molecular formula is C23H31NO2S. The summed E-state index contributed by atoms with van der Waals surface area (Å²) in [6.45, 7) is 1.76. The lowest BCUT2D eigenvalue weighted by molar-refractivity contribution is -0.0503. The first-order chi connectivity index (χ1) is 13.2. The molecule has 3 nitrogen and oxygen atoms in total. The monoisotopic (exact) mass is 385 g/mol. The number of ether oxygens (including phenoxy) is 1. The summed E-state index contributed by atoms with van der Waals surface area (Å²) in [5, 5.41) is 3.34. The molecule has 1 aromatic carbocycles. The van der Waals surface area contributed by atoms with E-state index in [0.717, 1.165) is 53.5 Å². The van der Waals surface area contributed by atoms with Gasteiger partial charge in [0.05, 0.1) is 11.7 Å². The number of hydrogen-bond acceptors (Lipinski definition) is 3. The number of carbonyl (C=O) groups is 1. The van der Waals surface area contributed by atoms with Crippen molar-refractivity contribution in [3.63, 3.8) is 0 Å². The molecule has 4 aliphatic carbocycles. The minimum Gasteiger partial charge on any atom is -0.377 e. The first-order valence-corrected chi connectivity index (χ1v) is 11.8. The fraction of sp³-hybridized carbons (Fsp3) is 0.696. The molecule has 146 valence electrons. The molecule has 4 heteroatoms. The number of carbonyl (C=O) groups excluding carboxylic acids is 1. The molecule has 4 saturated carbocycles. The summed E-state index contributed by atoms with van der Waals surface area (Å²) < 4.78 is 5.74. The minimum atomic E-state index is 0.112. The van der Waals surface area contributed by atoms with Gasteiger partial charge >= 0.3 is 0 Å². The molecule has 4 bridgehead atoms. The standard InChI is InChI=1S/C23H31NO2S/c25-22(20-5-1-2-6-21(20)27-14-19-4-3-7-26-19)24-15-23-11-16-8-17(12-23)10-18(9-16)13-23/h1-2,5-6,16-19H,3-4,7-15H2,(H,24,25)/t16?,17?,18?,19-,23?/m1/s1. The zero-order valence-corrected chi connectivity index (χ0v) is 16.9. The molecule has 0 radical (unpaired) electrons. The lowest BCUT2D eigenvalue weighted by atomic mass is 9.49. The lowest BCUT2D eigenvalue weighted by Crippen LogP contribution is -2.51. The molecule has 0 spiro atoms. The number of nitrogens with one attached hydrogen (secondary N) is 1. The Hall–Kier alpha value is -1.00. The van der Waals surface area contributed by atoms with Gasteiger partial charge in [0, 0.05) is 23.8 Å². The Bertz CT molecular complexity index is 662. The van der Waals surface area contributed by atoms with E-state index in [2.05, 4.69) is 11.4 Å². The van der Waals surface area contributed by atoms with Crippen molar-refractivity contribution in [2.75, 3.05) is 18.9 Å². The quantitative estimate of drug-likeness (QED) is 0.708. The van der Waals surface area contributed by atoms with Crippen LogP contribution in [0.4, 0.5) is 0 Å². The Kier molecular flexibility index (Phi) is 4.97. The molecule has 27 heavy (non-hydrogen) atoms. The maximum atomic E-state index is 13.0. The number of rotatable bonds is 6. The van der Waals surface area contributed by atoms with Crippen LogP contribution >= 0.6 is 11.8 Å². The molecule has 1 saturated heterocycles. The van der Waals surface area contributed by atoms with Gasteiger partial charge in [-0.3, -0.25) is 4.79 Å². The SMILES string of the molecule is O=C(NCC12CC3CC(CC(C3)C1)C2)c1ccccc1SC[C@H]1CCCO1. The van der Waals surface area contributed by atoms with E-state index in [9.17, 15) is 4.79 Å². The average molecular weight is 386 g/mol. The van der Waals surface area contributed by atoms with Crippen LogP contribution in [0.3, 0.4) is 0 Å². The number of hydrogen-bond donors (Lipinski definition) is 1. The Morgan fingerprint density at radius 3 is 2.48 bits per heavy atom. The molecule has 1 aromatic rings. The fourth-order valence-corrected chi connectivity index (χ4v) is 7.73. The van der Waals surface area contributed by atoms with Gasteiger partial charge < -0.3 is 10.1 Å². The predicted octanol–water partition coefficient (Wildman–Crippen LogP) is 4.90. The van der Waals surface area contributed by atoms with Crippen LogP contribution in [0.1, 0.15) is 61.7 Å². The lowest BCUT2D eigenvalue weighted by Gasteiger charge is -2.56. The summed E-state index contributed by atoms with van der Waals surface area (Å²) in [5.74, 6) is 3.85. The Labute approximate surface area is 167 Å². The van der Waals surface area contributed by atoms with Crippen molar-refractivity contribution in [1.29, 1.82) is 0 Å². The number of thioether (sulfide) groups is 1. The average Bonchev–Trinajstić information content (AvgIpc) is 3.17. The molecule has 1 N–H and O–H groups in total. The molecule has 5 fully saturated rings. The smallest absolute Gasteiger partial charge is 0.252 e. The summed E-state index contributed by atoms with van der Waals surface area (Å²) in [5.41, 5.74) is 1.23. The van der Waals surface area contributed by atoms with Crippen molar-refractivity contribution < 1.29 is 9.53 Å². The van der Waals surface area contributed by atoms with E-state index in [1.165, 1.54) is 44.9 Å². The molecule has 1 atom stereocenters. The second-order valence-corrected chi connectivity index (χ2v) is 10.6. The number of amides is 1. The normalized spacial score (nSPS) is 36.9. The first-order valence-electron chi connectivity index (χ1n) is 10.8. The predicted molar refractivity (Wildman–Crippen MR) is 109 cm³/mol. The van der Waals surface area contributed by atoms with E-state index in [4.69, 9.17) is 4.74 Å². The van der Waals surface area contributed by atoms with Crippen molar-refractivity contribution in [3.8, 4) is 0 Å². The van der Waals surface area contributed by atoms with Gasteiger partial charge in [-0.15, -0.1) is 11.8 Å². The van der Waals surface area contributed by atoms with Crippen LogP contribution in [-0.2, 0) is 4.74 Å². The van der Waals surface area contributed by atoms with Gasteiger partial charge in [0.1, 0.15) is 0 Å². The van der Waals surface area contributed by atoms with Crippen LogP contribution in [0.15, 0.2) is 29.2 Å². The molecule has 0 aromatic heterocycles. The van der Waals surface area contributed by atoms with Gasteiger partial charge in [-0.1, -0.05) is 12.1 Å². The first kappa shape index (κ1) is 18.1. The van der Waals surface area contributed by atoms with Crippen LogP contribution < -0.4 is 5.32 Å². The molecule has 1 amide bonds. The summed E-state index contributed by atoms with van der Waals surface area (Å²) in [4.78, 5) is 14.1. The van der Waals surface area contributed by atoms with Gasteiger partial charge in [-0.05, 0) is 86.7 Å². The Balaban J connectivity index is 1.22. The van der Waals surface area contributed by atoms with Crippen LogP contribution in [0.2, 0.25) is 0 Å². The van der Waals surface area contributed by atoms with Gasteiger partial charge in [0.15, 0.2) is 0 Å². The van der Waals surface area contributed by atoms with Gasteiger partial charge in [-0.2, -0.15) is 0 Å². The highest BCUT2D eigenvalue weighted by molar-refractivity contribution is 7.99. The van der Waals surface area contributed by atoms with E-state index in [1.807, 2.05) is 18.2 Å². The molecule has 6 rings (SSSR count). The molecule has 1 aliphatic heterocycles. The summed E-state index contributed by atoms with van der Waals surface area (Å²) in [6, 6.07) is 8.08. The molecular weight excluding hydrogens is 354 g/mol. The van der Waals surface area contributed by atoms with Crippen LogP contribution in [0.5, 0.6) is 0 Å². The van der Waals surface area contributed by atoms with Crippen molar-refractivity contribution in [3.05, 3.63) is 29.8 Å². The maximum absolute atomic E-state index is 13.0. The summed E-state index contributed by atoms with van der Waals surface area (Å²) >= 11 is 1.77. The third-order valence-corrected chi connectivity index (χ3v) is 8.57. The molecule has 5 aliphatic rings. The van der Waals surface area contributed by atoms with E-state index in [-0.39, 0.29) is 5.91 Å². The van der Waals surface area contributed by atoms with E-state index in [1.54, 1.807) is 11.8 Å². The van der Waals surface area contributed by atoms with Crippen molar-refractivity contribution in [2.45, 2.75) is 62.4 Å². The van der Waals surface area contributed by atoms with E-state index < -0.39 is 0 Å². The van der Waals surface area contributed by atoms with Crippen LogP contribution in [-0.4, -0.2) is 30.9 Å². The fourth-order valence-electron chi connectivity index (χ4n) is 6.61. The largest absolute Gasteiger partial charge is 0.377 e. The van der Waals surface area contributed by atoms with Gasteiger partial charge in [0.2, 0.25) is 0 Å². The second-order valence-electron chi connectivity index (χ2n) is 9.54. The Morgan fingerprint density at radius 1 is 1.11 bits per heavy atom. The van der Waals surface area contributed by atoms with Crippen LogP contribution in [0, 0.1) is 23.2 Å². The third-order valence-electron chi connectivity index (χ3n) is 7.37. The van der Waals surface area contributed by atoms with Crippen molar-refractivity contribution in [1.82, 2.24) is 5.32 Å². The number of benzene rings is 1. The summed E-state index contributed by atoms with van der Waals surface area (Å²) in [7, 11) is 0. The van der Waals surface area contributed by atoms with Gasteiger partial charge in [0.25, 0.3) is 5.91 Å². The van der Waals surface area contributed by atoms with Crippen molar-refractivity contribution >= 4 is 17.7 Å². The van der Waals surface area contributed by atoms with E-state index in [0.29, 0.717) is 11.5 Å². The van der Waals surface area contributed by atoms with Gasteiger partial charge in [-0.25, -0.2) is 0 Å². The maximum Gasteiger partial charge on any atom is 0.252 e. The molecule has 1 heterocycles. The highest BCUT2D eigenvalue weighted by atomic mass is 32.2. The minimum absolute atomic E-state index is 0.112. The molecule has 0 unspecified atom stereocenters. The van der Waals surface area contributed by atoms with Crippen LogP contribution in [0.25, 0.3) is 0 Å².